The van der Waals surface area contributed by atoms with Crippen molar-refractivity contribution in [1.29, 1.82) is 0 Å². The summed E-state index contributed by atoms with van der Waals surface area (Å²) in [6.07, 6.45) is 6.35. The zero-order chi connectivity index (χ0) is 10.3. The van der Waals surface area contributed by atoms with Crippen LogP contribution in [0.2, 0.25) is 0 Å². The molecule has 0 aliphatic carbocycles. The molecule has 0 aromatic rings. The molecule has 0 aromatic carbocycles. The Morgan fingerprint density at radius 1 is 1.38 bits per heavy atom. The molecule has 0 saturated heterocycles. The summed E-state index contributed by atoms with van der Waals surface area (Å²) in [6.45, 7) is 12.4. The van der Waals surface area contributed by atoms with E-state index in [9.17, 15) is 0 Å². The highest BCUT2D eigenvalue weighted by molar-refractivity contribution is 5.27. The summed E-state index contributed by atoms with van der Waals surface area (Å²) in [7, 11) is 0. The number of nitrogens with one attached hydrogen (secondary N) is 1. The molecule has 0 atom stereocenters. The van der Waals surface area contributed by atoms with Crippen LogP contribution in [-0.2, 0) is 0 Å². The Morgan fingerprint density at radius 3 is 2.38 bits per heavy atom. The van der Waals surface area contributed by atoms with Crippen molar-refractivity contribution < 1.29 is 0 Å². The summed E-state index contributed by atoms with van der Waals surface area (Å²) >= 11 is 0. The van der Waals surface area contributed by atoms with Gasteiger partial charge in [0.2, 0.25) is 0 Å². The Balaban J connectivity index is 4.22. The van der Waals surface area contributed by atoms with Crippen LogP contribution in [0.4, 0.5) is 0 Å². The van der Waals surface area contributed by atoms with Crippen LogP contribution in [0.3, 0.4) is 0 Å². The van der Waals surface area contributed by atoms with E-state index >= 15 is 0 Å². The van der Waals surface area contributed by atoms with Crippen molar-refractivity contribution in [1.82, 2.24) is 5.32 Å². The standard InChI is InChI=1S/C12H21N/c1-6-9-10(4)11(5)13-12(7-2)8-3/h7,9,13H,5-6,8H2,1-4H3/b10-9-,12-7+. The first-order valence-corrected chi connectivity index (χ1v) is 4.93. The second-order valence-electron chi connectivity index (χ2n) is 3.07. The molecule has 0 aliphatic heterocycles. The molecule has 1 heteroatoms. The number of allylic oxidation sites excluding steroid dienone is 4. The Bertz CT molecular complexity index is 221. The lowest BCUT2D eigenvalue weighted by atomic mass is 10.2. The van der Waals surface area contributed by atoms with E-state index in [4.69, 9.17) is 0 Å². The molecule has 0 unspecified atom stereocenters. The smallest absolute Gasteiger partial charge is 0.0335 e. The second-order valence-corrected chi connectivity index (χ2v) is 3.07. The molecule has 13 heavy (non-hydrogen) atoms. The predicted molar refractivity (Wildman–Crippen MR) is 60.4 cm³/mol. The van der Waals surface area contributed by atoms with Gasteiger partial charge in [0.15, 0.2) is 0 Å². The van der Waals surface area contributed by atoms with Crippen LogP contribution in [0, 0.1) is 0 Å². The Morgan fingerprint density at radius 2 is 2.00 bits per heavy atom. The minimum atomic E-state index is 1.01. The minimum absolute atomic E-state index is 1.01. The first kappa shape index (κ1) is 12.0. The molecular weight excluding hydrogens is 158 g/mol. The summed E-state index contributed by atoms with van der Waals surface area (Å²) in [6, 6.07) is 0. The van der Waals surface area contributed by atoms with Gasteiger partial charge in [-0.1, -0.05) is 32.6 Å². The van der Waals surface area contributed by atoms with Crippen molar-refractivity contribution in [2.75, 3.05) is 0 Å². The van der Waals surface area contributed by atoms with E-state index in [0.717, 1.165) is 18.5 Å². The van der Waals surface area contributed by atoms with Gasteiger partial charge < -0.3 is 5.32 Å². The molecule has 1 nitrogen and oxygen atoms in total. The molecule has 0 aliphatic rings. The maximum Gasteiger partial charge on any atom is 0.0335 e. The van der Waals surface area contributed by atoms with Crippen molar-refractivity contribution in [2.45, 2.75) is 40.5 Å². The van der Waals surface area contributed by atoms with Crippen molar-refractivity contribution in [3.05, 3.63) is 35.7 Å². The average molecular weight is 179 g/mol. The maximum absolute atomic E-state index is 3.99. The number of rotatable bonds is 5. The third kappa shape index (κ3) is 4.56. The molecule has 0 saturated carbocycles. The molecule has 1 N–H and O–H groups in total. The lowest BCUT2D eigenvalue weighted by Gasteiger charge is -2.11. The Kier molecular flexibility index (Phi) is 6.03. The highest BCUT2D eigenvalue weighted by Gasteiger charge is 1.97. The van der Waals surface area contributed by atoms with Crippen LogP contribution < -0.4 is 5.32 Å². The van der Waals surface area contributed by atoms with E-state index in [0.29, 0.717) is 0 Å². The third-order valence-electron chi connectivity index (χ3n) is 2.03. The van der Waals surface area contributed by atoms with Gasteiger partial charge in [-0.25, -0.2) is 0 Å². The van der Waals surface area contributed by atoms with Crippen LogP contribution in [0.5, 0.6) is 0 Å². The first-order valence-electron chi connectivity index (χ1n) is 4.93. The predicted octanol–water partition coefficient (Wildman–Crippen LogP) is 3.76. The molecule has 0 aromatic heterocycles. The fourth-order valence-electron chi connectivity index (χ4n) is 1.09. The van der Waals surface area contributed by atoms with Crippen molar-refractivity contribution in [3.8, 4) is 0 Å². The largest absolute Gasteiger partial charge is 0.359 e. The topological polar surface area (TPSA) is 12.0 Å². The van der Waals surface area contributed by atoms with E-state index in [1.54, 1.807) is 0 Å². The average Bonchev–Trinajstić information content (AvgIpc) is 2.14. The maximum atomic E-state index is 3.99. The van der Waals surface area contributed by atoms with E-state index in [1.165, 1.54) is 11.3 Å². The second kappa shape index (κ2) is 6.53. The van der Waals surface area contributed by atoms with E-state index in [1.807, 2.05) is 6.92 Å². The van der Waals surface area contributed by atoms with E-state index in [2.05, 4.69) is 44.8 Å². The summed E-state index contributed by atoms with van der Waals surface area (Å²) in [5.74, 6) is 0. The molecule has 0 radical (unpaired) electrons. The SMILES string of the molecule is C=C(N/C(=C/C)CC)/C(C)=C\CC. The molecule has 0 spiro atoms. The molecule has 74 valence electrons. The summed E-state index contributed by atoms with van der Waals surface area (Å²) in [5.41, 5.74) is 3.47. The molecule has 0 bridgehead atoms. The van der Waals surface area contributed by atoms with Crippen LogP contribution >= 0.6 is 0 Å². The quantitative estimate of drug-likeness (QED) is 0.634. The van der Waals surface area contributed by atoms with Crippen LogP contribution in [0.15, 0.2) is 35.7 Å². The molecule has 0 amide bonds. The number of hydrogen-bond acceptors (Lipinski definition) is 1. The van der Waals surface area contributed by atoms with Gasteiger partial charge in [0, 0.05) is 11.4 Å². The zero-order valence-corrected chi connectivity index (χ0v) is 9.28. The van der Waals surface area contributed by atoms with Gasteiger partial charge in [-0.3, -0.25) is 0 Å². The Hall–Kier alpha value is -0.980. The lowest BCUT2D eigenvalue weighted by Crippen LogP contribution is -2.11. The molecule has 0 heterocycles. The lowest BCUT2D eigenvalue weighted by molar-refractivity contribution is 0.894. The molecular formula is C12H21N. The minimum Gasteiger partial charge on any atom is -0.359 e. The first-order chi connectivity index (χ1) is 6.15. The van der Waals surface area contributed by atoms with Gasteiger partial charge in [-0.2, -0.15) is 0 Å². The van der Waals surface area contributed by atoms with Gasteiger partial charge in [0.1, 0.15) is 0 Å². The summed E-state index contributed by atoms with van der Waals surface area (Å²) < 4.78 is 0. The van der Waals surface area contributed by atoms with Crippen molar-refractivity contribution in [3.63, 3.8) is 0 Å². The van der Waals surface area contributed by atoms with Crippen LogP contribution in [0.25, 0.3) is 0 Å². The summed E-state index contributed by atoms with van der Waals surface area (Å²) in [5, 5.41) is 3.30. The highest BCUT2D eigenvalue weighted by atomic mass is 14.9. The summed E-state index contributed by atoms with van der Waals surface area (Å²) in [4.78, 5) is 0. The monoisotopic (exact) mass is 179 g/mol. The molecule has 0 fully saturated rings. The molecule has 0 rings (SSSR count). The third-order valence-corrected chi connectivity index (χ3v) is 2.03. The fourth-order valence-corrected chi connectivity index (χ4v) is 1.09. The normalized spacial score (nSPS) is 12.9. The van der Waals surface area contributed by atoms with Gasteiger partial charge in [-0.05, 0) is 32.3 Å². The van der Waals surface area contributed by atoms with Gasteiger partial charge in [0.25, 0.3) is 0 Å². The van der Waals surface area contributed by atoms with Gasteiger partial charge in [0.05, 0.1) is 0 Å². The van der Waals surface area contributed by atoms with Crippen LogP contribution in [-0.4, -0.2) is 0 Å². The van der Waals surface area contributed by atoms with E-state index < -0.39 is 0 Å². The number of hydrogen-bond donors (Lipinski definition) is 1. The van der Waals surface area contributed by atoms with E-state index in [-0.39, 0.29) is 0 Å². The van der Waals surface area contributed by atoms with Crippen molar-refractivity contribution in [2.24, 2.45) is 0 Å². The fraction of sp³-hybridized carbons (Fsp3) is 0.500. The van der Waals surface area contributed by atoms with Crippen molar-refractivity contribution >= 4 is 0 Å². The van der Waals surface area contributed by atoms with Gasteiger partial charge in [-0.15, -0.1) is 0 Å². The highest BCUT2D eigenvalue weighted by Crippen LogP contribution is 2.08. The zero-order valence-electron chi connectivity index (χ0n) is 9.28. The van der Waals surface area contributed by atoms with Crippen LogP contribution in [0.1, 0.15) is 40.5 Å². The van der Waals surface area contributed by atoms with Gasteiger partial charge >= 0.3 is 0 Å². The Labute approximate surface area is 82.2 Å².